The minimum atomic E-state index is 0. The maximum atomic E-state index is 10.6. The van der Waals surface area contributed by atoms with Gasteiger partial charge in [-0.1, -0.05) is 6.07 Å². The van der Waals surface area contributed by atoms with E-state index in [1.54, 1.807) is 13.2 Å². The van der Waals surface area contributed by atoms with E-state index in [9.17, 15) is 10.2 Å². The Hall–Kier alpha value is -1.47. The van der Waals surface area contributed by atoms with Crippen molar-refractivity contribution in [2.24, 2.45) is 0 Å². The van der Waals surface area contributed by atoms with Gasteiger partial charge in [-0.25, -0.2) is 0 Å². The van der Waals surface area contributed by atoms with Crippen molar-refractivity contribution in [1.82, 2.24) is 4.90 Å². The van der Waals surface area contributed by atoms with E-state index in [4.69, 9.17) is 4.74 Å². The van der Waals surface area contributed by atoms with Gasteiger partial charge < -0.3 is 14.9 Å². The second kappa shape index (κ2) is 5.87. The minimum Gasteiger partial charge on any atom is -0.508 e. The third kappa shape index (κ3) is 2.37. The van der Waals surface area contributed by atoms with Crippen molar-refractivity contribution >= 4 is 24.0 Å². The molecule has 1 atom stereocenters. The Labute approximate surface area is 152 Å². The lowest BCUT2D eigenvalue weighted by Gasteiger charge is -2.40. The molecule has 4 nitrogen and oxygen atoms in total. The van der Waals surface area contributed by atoms with E-state index in [1.165, 1.54) is 11.1 Å². The highest BCUT2D eigenvalue weighted by molar-refractivity contribution is 14.0. The van der Waals surface area contributed by atoms with Gasteiger partial charge >= 0.3 is 0 Å². The van der Waals surface area contributed by atoms with E-state index in [-0.39, 0.29) is 35.5 Å². The van der Waals surface area contributed by atoms with Gasteiger partial charge in [0, 0.05) is 18.2 Å². The Kier molecular flexibility index (Phi) is 4.18. The number of ether oxygens (including phenoxy) is 1. The largest absolute Gasteiger partial charge is 0.508 e. The maximum Gasteiger partial charge on any atom is 0.165 e. The van der Waals surface area contributed by atoms with E-state index in [0.29, 0.717) is 11.8 Å². The van der Waals surface area contributed by atoms with Gasteiger partial charge in [-0.15, -0.1) is 24.0 Å². The standard InChI is InChI=1S/C18H19NO3.HI/c1-19-6-5-11-7-12(20)9-13-16(11)14(19)8-10-3-4-15(22-2)18(21)17(10)13;/h3-4,7,9,14,20-21H,5-6,8H2,1-2H3;1H/t14-;/m1./s1. The van der Waals surface area contributed by atoms with Crippen molar-refractivity contribution in [3.05, 3.63) is 41.0 Å². The Balaban J connectivity index is 0.00000156. The van der Waals surface area contributed by atoms with Crippen molar-refractivity contribution < 1.29 is 14.9 Å². The molecule has 4 rings (SSSR count). The van der Waals surface area contributed by atoms with Crippen LogP contribution in [0.3, 0.4) is 0 Å². The summed E-state index contributed by atoms with van der Waals surface area (Å²) >= 11 is 0. The summed E-state index contributed by atoms with van der Waals surface area (Å²) in [5.74, 6) is 0.894. The second-order valence-electron chi connectivity index (χ2n) is 6.17. The number of hydrogen-bond acceptors (Lipinski definition) is 4. The number of fused-ring (bicyclic) bond motifs is 2. The normalized spacial score (nSPS) is 18.6. The van der Waals surface area contributed by atoms with Crippen molar-refractivity contribution in [3.8, 4) is 28.4 Å². The molecule has 0 fully saturated rings. The number of likely N-dealkylation sites (N-methyl/N-ethyl adjacent to an activating group) is 1. The summed E-state index contributed by atoms with van der Waals surface area (Å²) in [6.07, 6.45) is 1.79. The molecule has 5 heteroatoms. The van der Waals surface area contributed by atoms with E-state index in [1.807, 2.05) is 18.2 Å². The van der Waals surface area contributed by atoms with E-state index in [0.717, 1.165) is 36.1 Å². The van der Waals surface area contributed by atoms with Crippen LogP contribution in [0, 0.1) is 0 Å². The van der Waals surface area contributed by atoms with E-state index >= 15 is 0 Å². The van der Waals surface area contributed by atoms with Crippen molar-refractivity contribution in [2.45, 2.75) is 18.9 Å². The molecule has 0 saturated carbocycles. The molecule has 2 aliphatic rings. The summed E-state index contributed by atoms with van der Waals surface area (Å²) in [6, 6.07) is 7.76. The molecule has 0 aromatic heterocycles. The van der Waals surface area contributed by atoms with Crippen LogP contribution >= 0.6 is 24.0 Å². The molecule has 2 aromatic rings. The van der Waals surface area contributed by atoms with Gasteiger partial charge in [0.05, 0.1) is 7.11 Å². The Bertz CT molecular complexity index is 775. The molecule has 1 heterocycles. The van der Waals surface area contributed by atoms with E-state index in [2.05, 4.69) is 11.9 Å². The molecule has 1 aliphatic carbocycles. The monoisotopic (exact) mass is 425 g/mol. The first-order valence-electron chi connectivity index (χ1n) is 7.55. The molecule has 122 valence electrons. The van der Waals surface area contributed by atoms with Crippen LogP contribution in [-0.2, 0) is 12.8 Å². The lowest BCUT2D eigenvalue weighted by atomic mass is 9.76. The fraction of sp³-hybridized carbons (Fsp3) is 0.333. The van der Waals surface area contributed by atoms with Gasteiger partial charge in [-0.3, -0.25) is 4.90 Å². The fourth-order valence-corrected chi connectivity index (χ4v) is 3.89. The molecule has 2 aromatic carbocycles. The predicted octanol–water partition coefficient (Wildman–Crippen LogP) is 3.48. The number of methoxy groups -OCH3 is 1. The average Bonchev–Trinajstić information content (AvgIpc) is 2.50. The second-order valence-corrected chi connectivity index (χ2v) is 6.17. The van der Waals surface area contributed by atoms with Gasteiger partial charge in [0.15, 0.2) is 11.5 Å². The van der Waals surface area contributed by atoms with Crippen LogP contribution in [0.2, 0.25) is 0 Å². The SMILES string of the molecule is COc1ccc2c(c1O)-c1cc(O)cc3c1[C@@H](C2)N(C)CC3.I. The number of benzene rings is 2. The first-order valence-corrected chi connectivity index (χ1v) is 7.55. The van der Waals surface area contributed by atoms with Crippen LogP contribution in [0.5, 0.6) is 17.2 Å². The zero-order valence-electron chi connectivity index (χ0n) is 13.2. The lowest BCUT2D eigenvalue weighted by molar-refractivity contribution is 0.227. The highest BCUT2D eigenvalue weighted by atomic mass is 127. The quantitative estimate of drug-likeness (QED) is 0.688. The first kappa shape index (κ1) is 16.4. The number of rotatable bonds is 1. The van der Waals surface area contributed by atoms with Gasteiger partial charge in [0.25, 0.3) is 0 Å². The Morgan fingerprint density at radius 1 is 1.17 bits per heavy atom. The minimum absolute atomic E-state index is 0. The molecule has 0 unspecified atom stereocenters. The predicted molar refractivity (Wildman–Crippen MR) is 100.0 cm³/mol. The van der Waals surface area contributed by atoms with Crippen molar-refractivity contribution in [1.29, 1.82) is 0 Å². The van der Waals surface area contributed by atoms with Crippen LogP contribution in [-0.4, -0.2) is 35.8 Å². The lowest BCUT2D eigenvalue weighted by Crippen LogP contribution is -2.35. The smallest absolute Gasteiger partial charge is 0.165 e. The number of phenolic OH excluding ortho intramolecular Hbond substituents is 2. The maximum absolute atomic E-state index is 10.6. The molecular weight excluding hydrogens is 405 g/mol. The Morgan fingerprint density at radius 3 is 2.70 bits per heavy atom. The highest BCUT2D eigenvalue weighted by Crippen LogP contribution is 2.51. The third-order valence-corrected chi connectivity index (χ3v) is 4.98. The van der Waals surface area contributed by atoms with E-state index < -0.39 is 0 Å². The van der Waals surface area contributed by atoms with Gasteiger partial charge in [-0.2, -0.15) is 0 Å². The summed E-state index contributed by atoms with van der Waals surface area (Å²) in [5.41, 5.74) is 5.26. The van der Waals surface area contributed by atoms with Gasteiger partial charge in [0.1, 0.15) is 5.75 Å². The number of halogens is 1. The van der Waals surface area contributed by atoms with Crippen LogP contribution in [0.4, 0.5) is 0 Å². The van der Waals surface area contributed by atoms with Gasteiger partial charge in [-0.05, 0) is 60.3 Å². The zero-order chi connectivity index (χ0) is 15.4. The molecule has 2 N–H and O–H groups in total. The van der Waals surface area contributed by atoms with Crippen molar-refractivity contribution in [3.63, 3.8) is 0 Å². The number of hydrogen-bond donors (Lipinski definition) is 2. The Morgan fingerprint density at radius 2 is 1.96 bits per heavy atom. The molecule has 1 aliphatic heterocycles. The summed E-state index contributed by atoms with van der Waals surface area (Å²) in [5, 5.41) is 20.7. The number of nitrogens with zero attached hydrogens (tertiary/aromatic N) is 1. The highest BCUT2D eigenvalue weighted by Gasteiger charge is 2.34. The molecule has 0 spiro atoms. The van der Waals surface area contributed by atoms with Crippen LogP contribution in [0.15, 0.2) is 24.3 Å². The molecule has 0 bridgehead atoms. The zero-order valence-corrected chi connectivity index (χ0v) is 15.5. The number of aromatic hydroxyl groups is 2. The summed E-state index contributed by atoms with van der Waals surface area (Å²) in [6.45, 7) is 0.984. The van der Waals surface area contributed by atoms with Crippen LogP contribution < -0.4 is 4.74 Å². The molecule has 0 saturated heterocycles. The van der Waals surface area contributed by atoms with Gasteiger partial charge in [0.2, 0.25) is 0 Å². The van der Waals surface area contributed by atoms with Crippen LogP contribution in [0.25, 0.3) is 11.1 Å². The summed E-state index contributed by atoms with van der Waals surface area (Å²) in [4.78, 5) is 2.35. The third-order valence-electron chi connectivity index (χ3n) is 4.98. The fourth-order valence-electron chi connectivity index (χ4n) is 3.89. The topological polar surface area (TPSA) is 52.9 Å². The summed E-state index contributed by atoms with van der Waals surface area (Å²) in [7, 11) is 3.69. The number of phenols is 2. The summed E-state index contributed by atoms with van der Waals surface area (Å²) < 4.78 is 5.25. The van der Waals surface area contributed by atoms with Crippen LogP contribution in [0.1, 0.15) is 22.7 Å². The molecule has 0 radical (unpaired) electrons. The molecule has 23 heavy (non-hydrogen) atoms. The molecule has 0 amide bonds. The van der Waals surface area contributed by atoms with Crippen molar-refractivity contribution in [2.75, 3.05) is 20.7 Å². The first-order chi connectivity index (χ1) is 10.6. The average molecular weight is 425 g/mol. The molecular formula is C18H20INO3.